The average molecular weight is 228 g/mol. The maximum Gasteiger partial charge on any atom is 0.337 e. The van der Waals surface area contributed by atoms with E-state index in [4.69, 9.17) is 16.7 Å². The van der Waals surface area contributed by atoms with E-state index in [0.717, 1.165) is 0 Å². The molecular formula is C10H10ClNO3. The van der Waals surface area contributed by atoms with Gasteiger partial charge < -0.3 is 10.4 Å². The molecule has 0 saturated heterocycles. The molecule has 0 bridgehead atoms. The Morgan fingerprint density at radius 2 is 2.13 bits per heavy atom. The van der Waals surface area contributed by atoms with Crippen LogP contribution in [0.1, 0.15) is 23.7 Å². The van der Waals surface area contributed by atoms with Crippen LogP contribution in [0.2, 0.25) is 5.02 Å². The van der Waals surface area contributed by atoms with Crippen molar-refractivity contribution in [1.29, 1.82) is 0 Å². The molecule has 0 spiro atoms. The first kappa shape index (κ1) is 11.5. The van der Waals surface area contributed by atoms with Gasteiger partial charge in [-0.25, -0.2) is 4.79 Å². The summed E-state index contributed by atoms with van der Waals surface area (Å²) in [5.74, 6) is -1.29. The molecule has 0 heterocycles. The molecule has 1 aromatic carbocycles. The van der Waals surface area contributed by atoms with Crippen LogP contribution in [0.3, 0.4) is 0 Å². The summed E-state index contributed by atoms with van der Waals surface area (Å²) in [5.41, 5.74) is 0.411. The third kappa shape index (κ3) is 2.95. The van der Waals surface area contributed by atoms with E-state index < -0.39 is 5.97 Å². The largest absolute Gasteiger partial charge is 0.478 e. The molecule has 1 amide bonds. The number of hydrogen-bond acceptors (Lipinski definition) is 2. The molecule has 0 aromatic heterocycles. The smallest absolute Gasteiger partial charge is 0.337 e. The summed E-state index contributed by atoms with van der Waals surface area (Å²) in [6.07, 6.45) is 0.338. The number of amides is 1. The van der Waals surface area contributed by atoms with Crippen LogP contribution in [0.5, 0.6) is 0 Å². The van der Waals surface area contributed by atoms with Crippen molar-refractivity contribution < 1.29 is 14.7 Å². The van der Waals surface area contributed by atoms with Crippen molar-refractivity contribution >= 4 is 29.2 Å². The predicted octanol–water partition coefficient (Wildman–Crippen LogP) is 2.39. The summed E-state index contributed by atoms with van der Waals surface area (Å²) in [6, 6.07) is 4.33. The zero-order valence-corrected chi connectivity index (χ0v) is 8.84. The molecule has 1 aromatic rings. The van der Waals surface area contributed by atoms with Crippen molar-refractivity contribution in [1.82, 2.24) is 0 Å². The fraction of sp³-hybridized carbons (Fsp3) is 0.200. The first-order valence-electron chi connectivity index (χ1n) is 4.37. The van der Waals surface area contributed by atoms with Crippen LogP contribution in [0.4, 0.5) is 5.69 Å². The van der Waals surface area contributed by atoms with Crippen molar-refractivity contribution in [2.75, 3.05) is 5.32 Å². The molecule has 5 heteroatoms. The summed E-state index contributed by atoms with van der Waals surface area (Å²) >= 11 is 5.67. The second-order valence-corrected chi connectivity index (χ2v) is 3.31. The molecule has 1 rings (SSSR count). The number of carbonyl (C=O) groups is 2. The topological polar surface area (TPSA) is 66.4 Å². The highest BCUT2D eigenvalue weighted by Gasteiger charge is 2.09. The lowest BCUT2D eigenvalue weighted by atomic mass is 10.2. The Hall–Kier alpha value is -1.55. The molecule has 15 heavy (non-hydrogen) atoms. The molecular weight excluding hydrogens is 218 g/mol. The lowest BCUT2D eigenvalue weighted by molar-refractivity contribution is -0.115. The molecule has 0 radical (unpaired) electrons. The molecule has 0 atom stereocenters. The number of hydrogen-bond donors (Lipinski definition) is 2. The monoisotopic (exact) mass is 227 g/mol. The number of rotatable bonds is 3. The van der Waals surface area contributed by atoms with Crippen LogP contribution in [0.15, 0.2) is 18.2 Å². The van der Waals surface area contributed by atoms with Crippen molar-refractivity contribution in [2.45, 2.75) is 13.3 Å². The fourth-order valence-electron chi connectivity index (χ4n) is 1.02. The first-order chi connectivity index (χ1) is 7.04. The van der Waals surface area contributed by atoms with E-state index in [0.29, 0.717) is 12.1 Å². The molecule has 0 aliphatic rings. The zero-order valence-electron chi connectivity index (χ0n) is 8.08. The zero-order chi connectivity index (χ0) is 11.4. The first-order valence-corrected chi connectivity index (χ1v) is 4.75. The van der Waals surface area contributed by atoms with Crippen LogP contribution < -0.4 is 5.32 Å². The lowest BCUT2D eigenvalue weighted by Crippen LogP contribution is -2.10. The van der Waals surface area contributed by atoms with Crippen molar-refractivity contribution in [2.24, 2.45) is 0 Å². The fourth-order valence-corrected chi connectivity index (χ4v) is 1.21. The molecule has 80 valence electrons. The third-order valence-electron chi connectivity index (χ3n) is 1.80. The second kappa shape index (κ2) is 4.79. The summed E-state index contributed by atoms with van der Waals surface area (Å²) in [4.78, 5) is 21.8. The van der Waals surface area contributed by atoms with Crippen LogP contribution in [-0.4, -0.2) is 17.0 Å². The van der Waals surface area contributed by atoms with Gasteiger partial charge in [0, 0.05) is 12.1 Å². The number of carboxylic acids is 1. The van der Waals surface area contributed by atoms with Gasteiger partial charge >= 0.3 is 5.97 Å². The predicted molar refractivity (Wildman–Crippen MR) is 57.3 cm³/mol. The van der Waals surface area contributed by atoms with Gasteiger partial charge in [0.15, 0.2) is 0 Å². The second-order valence-electron chi connectivity index (χ2n) is 2.90. The van der Waals surface area contributed by atoms with Gasteiger partial charge in [-0.15, -0.1) is 0 Å². The Bertz CT molecular complexity index is 404. The Morgan fingerprint density at radius 1 is 1.47 bits per heavy atom. The molecule has 0 saturated carbocycles. The Kier molecular flexibility index (Phi) is 3.68. The van der Waals surface area contributed by atoms with Gasteiger partial charge in [-0.1, -0.05) is 18.5 Å². The van der Waals surface area contributed by atoms with E-state index >= 15 is 0 Å². The number of anilines is 1. The van der Waals surface area contributed by atoms with E-state index in [9.17, 15) is 9.59 Å². The molecule has 4 nitrogen and oxygen atoms in total. The minimum Gasteiger partial charge on any atom is -0.478 e. The molecule has 0 aliphatic heterocycles. The standard InChI is InChI=1S/C10H10ClNO3/c1-2-9(13)12-6-3-4-8(11)7(5-6)10(14)15/h3-5H,2H2,1H3,(H,12,13)(H,14,15). The highest BCUT2D eigenvalue weighted by atomic mass is 35.5. The van der Waals surface area contributed by atoms with Crippen LogP contribution in [-0.2, 0) is 4.79 Å². The average Bonchev–Trinajstić information content (AvgIpc) is 2.20. The van der Waals surface area contributed by atoms with Crippen molar-refractivity contribution in [3.8, 4) is 0 Å². The molecule has 0 unspecified atom stereocenters. The summed E-state index contributed by atoms with van der Waals surface area (Å²) in [7, 11) is 0. The number of aromatic carboxylic acids is 1. The van der Waals surface area contributed by atoms with Crippen molar-refractivity contribution in [3.63, 3.8) is 0 Å². The summed E-state index contributed by atoms with van der Waals surface area (Å²) in [6.45, 7) is 1.71. The SMILES string of the molecule is CCC(=O)Nc1ccc(Cl)c(C(=O)O)c1. The van der Waals surface area contributed by atoms with Gasteiger partial charge in [0.2, 0.25) is 5.91 Å². The van der Waals surface area contributed by atoms with E-state index in [1.807, 2.05) is 0 Å². The van der Waals surface area contributed by atoms with Crippen LogP contribution in [0.25, 0.3) is 0 Å². The van der Waals surface area contributed by atoms with E-state index in [1.165, 1.54) is 12.1 Å². The lowest BCUT2D eigenvalue weighted by Gasteiger charge is -2.05. The Morgan fingerprint density at radius 3 is 2.67 bits per heavy atom. The highest BCUT2D eigenvalue weighted by molar-refractivity contribution is 6.33. The normalized spacial score (nSPS) is 9.73. The van der Waals surface area contributed by atoms with Gasteiger partial charge in [-0.2, -0.15) is 0 Å². The maximum absolute atomic E-state index is 11.1. The van der Waals surface area contributed by atoms with Gasteiger partial charge in [0.25, 0.3) is 0 Å². The van der Waals surface area contributed by atoms with Gasteiger partial charge in [-0.3, -0.25) is 4.79 Å². The Labute approximate surface area is 91.9 Å². The number of carbonyl (C=O) groups excluding carboxylic acids is 1. The summed E-state index contributed by atoms with van der Waals surface area (Å²) < 4.78 is 0. The van der Waals surface area contributed by atoms with E-state index in [2.05, 4.69) is 5.32 Å². The third-order valence-corrected chi connectivity index (χ3v) is 2.13. The van der Waals surface area contributed by atoms with E-state index in [1.54, 1.807) is 13.0 Å². The minimum atomic E-state index is -1.12. The Balaban J connectivity index is 2.97. The van der Waals surface area contributed by atoms with Crippen LogP contribution >= 0.6 is 11.6 Å². The molecule has 2 N–H and O–H groups in total. The minimum absolute atomic E-state index is 0.0226. The number of carboxylic acid groups (broad SMARTS) is 1. The molecule has 0 aliphatic carbocycles. The number of benzene rings is 1. The van der Waals surface area contributed by atoms with Crippen molar-refractivity contribution in [3.05, 3.63) is 28.8 Å². The maximum atomic E-state index is 11.1. The van der Waals surface area contributed by atoms with Gasteiger partial charge in [0.05, 0.1) is 10.6 Å². The van der Waals surface area contributed by atoms with Gasteiger partial charge in [-0.05, 0) is 18.2 Å². The van der Waals surface area contributed by atoms with E-state index in [-0.39, 0.29) is 16.5 Å². The van der Waals surface area contributed by atoms with Crippen LogP contribution in [0, 0.1) is 0 Å². The number of halogens is 1. The molecule has 0 fully saturated rings. The number of nitrogens with one attached hydrogen (secondary N) is 1. The van der Waals surface area contributed by atoms with Gasteiger partial charge in [0.1, 0.15) is 0 Å². The quantitative estimate of drug-likeness (QED) is 0.833. The highest BCUT2D eigenvalue weighted by Crippen LogP contribution is 2.20. The summed E-state index contributed by atoms with van der Waals surface area (Å²) in [5, 5.41) is 11.5.